The summed E-state index contributed by atoms with van der Waals surface area (Å²) in [6.45, 7) is 1.66. The molecule has 4 aliphatic rings. The van der Waals surface area contributed by atoms with E-state index in [4.69, 9.17) is 0 Å². The average molecular weight is 437 g/mol. The molecule has 1 heterocycles. The summed E-state index contributed by atoms with van der Waals surface area (Å²) in [6.07, 6.45) is 1.35. The first kappa shape index (κ1) is 19.5. The third kappa shape index (κ3) is 2.65. The van der Waals surface area contributed by atoms with Gasteiger partial charge in [-0.25, -0.2) is 0 Å². The van der Waals surface area contributed by atoms with E-state index in [1.165, 1.54) is 12.3 Å². The van der Waals surface area contributed by atoms with Crippen molar-refractivity contribution in [3.63, 3.8) is 0 Å². The Morgan fingerprint density at radius 2 is 1.33 bits per heavy atom. The van der Waals surface area contributed by atoms with Gasteiger partial charge >= 0.3 is 0 Å². The molecule has 162 valence electrons. The molecule has 0 saturated carbocycles. The first-order valence-electron chi connectivity index (χ1n) is 10.8. The Morgan fingerprint density at radius 3 is 1.79 bits per heavy atom. The molecule has 1 aliphatic heterocycles. The second kappa shape index (κ2) is 6.93. The number of nitrogens with zero attached hydrogens (tertiary/aromatic N) is 3. The minimum atomic E-state index is -0.503. The van der Waals surface area contributed by atoms with Crippen LogP contribution in [0.15, 0.2) is 71.8 Å². The van der Waals surface area contributed by atoms with E-state index in [1.807, 2.05) is 48.5 Å². The predicted octanol–water partition coefficient (Wildman–Crippen LogP) is 4.13. The van der Waals surface area contributed by atoms with Crippen molar-refractivity contribution in [2.24, 2.45) is 16.9 Å². The number of hydrazone groups is 1. The molecular weight excluding hydrogens is 418 g/mol. The lowest BCUT2D eigenvalue weighted by molar-refractivity contribution is -0.385. The molecule has 0 N–H and O–H groups in total. The molecule has 0 radical (unpaired) electrons. The van der Waals surface area contributed by atoms with E-state index in [2.05, 4.69) is 5.10 Å². The Hall–Kier alpha value is -4.13. The summed E-state index contributed by atoms with van der Waals surface area (Å²) in [4.78, 5) is 37.8. The van der Waals surface area contributed by atoms with Crippen molar-refractivity contribution in [3.8, 4) is 0 Å². The minimum Gasteiger partial charge on any atom is -0.272 e. The number of aryl methyl sites for hydroxylation is 1. The predicted molar refractivity (Wildman–Crippen MR) is 121 cm³/mol. The fourth-order valence-electron chi connectivity index (χ4n) is 5.80. The number of rotatable bonds is 3. The van der Waals surface area contributed by atoms with Crippen molar-refractivity contribution in [1.82, 2.24) is 5.01 Å². The lowest BCUT2D eigenvalue weighted by atomic mass is 9.55. The van der Waals surface area contributed by atoms with E-state index in [0.29, 0.717) is 11.1 Å². The molecule has 3 aromatic rings. The van der Waals surface area contributed by atoms with Crippen LogP contribution >= 0.6 is 0 Å². The van der Waals surface area contributed by atoms with Crippen LogP contribution < -0.4 is 0 Å². The molecule has 2 atom stereocenters. The molecule has 7 heteroatoms. The number of nitro benzene ring substituents is 1. The first-order valence-corrected chi connectivity index (χ1v) is 10.8. The molecule has 0 aromatic heterocycles. The van der Waals surface area contributed by atoms with Gasteiger partial charge in [0.2, 0.25) is 0 Å². The third-order valence-corrected chi connectivity index (χ3v) is 7.18. The van der Waals surface area contributed by atoms with Gasteiger partial charge in [0.05, 0.1) is 23.0 Å². The van der Waals surface area contributed by atoms with Crippen LogP contribution in [0, 0.1) is 28.9 Å². The molecule has 2 bridgehead atoms. The molecule has 2 amide bonds. The first-order chi connectivity index (χ1) is 16.0. The Kier molecular flexibility index (Phi) is 4.11. The van der Waals surface area contributed by atoms with Crippen molar-refractivity contribution in [3.05, 3.63) is 110 Å². The van der Waals surface area contributed by atoms with Crippen LogP contribution in [-0.2, 0) is 9.59 Å². The summed E-state index contributed by atoms with van der Waals surface area (Å²) in [5.41, 5.74) is 5.36. The Morgan fingerprint density at radius 1 is 0.848 bits per heavy atom. The molecule has 1 saturated heterocycles. The molecular formula is C26H19N3O4. The lowest BCUT2D eigenvalue weighted by Gasteiger charge is -2.45. The maximum atomic E-state index is 13.5. The number of hydrogen-bond acceptors (Lipinski definition) is 5. The van der Waals surface area contributed by atoms with Crippen LogP contribution in [-0.4, -0.2) is 28.0 Å². The number of nitro groups is 1. The molecule has 0 unspecified atom stereocenters. The van der Waals surface area contributed by atoms with Crippen LogP contribution in [0.4, 0.5) is 5.69 Å². The van der Waals surface area contributed by atoms with Gasteiger partial charge in [-0.15, -0.1) is 0 Å². The van der Waals surface area contributed by atoms with Gasteiger partial charge in [-0.1, -0.05) is 60.7 Å². The number of imide groups is 1. The van der Waals surface area contributed by atoms with E-state index in [9.17, 15) is 19.7 Å². The Balaban J connectivity index is 1.41. The Labute approximate surface area is 189 Å². The quantitative estimate of drug-likeness (QED) is 0.267. The molecule has 3 aromatic carbocycles. The van der Waals surface area contributed by atoms with Crippen LogP contribution in [0.25, 0.3) is 0 Å². The van der Waals surface area contributed by atoms with Crippen molar-refractivity contribution < 1.29 is 14.5 Å². The fourth-order valence-corrected chi connectivity index (χ4v) is 5.80. The number of carbonyl (C=O) groups excluding carboxylic acids is 2. The zero-order chi connectivity index (χ0) is 22.9. The van der Waals surface area contributed by atoms with Gasteiger partial charge in [0.15, 0.2) is 0 Å². The maximum Gasteiger partial charge on any atom is 0.272 e. The molecule has 33 heavy (non-hydrogen) atoms. The second-order valence-corrected chi connectivity index (χ2v) is 8.80. The second-order valence-electron chi connectivity index (χ2n) is 8.80. The summed E-state index contributed by atoms with van der Waals surface area (Å²) in [6, 6.07) is 20.8. The normalized spacial score (nSPS) is 24.7. The highest BCUT2D eigenvalue weighted by Crippen LogP contribution is 2.60. The van der Waals surface area contributed by atoms with Crippen LogP contribution in [0.5, 0.6) is 0 Å². The summed E-state index contributed by atoms with van der Waals surface area (Å²) in [5, 5.41) is 16.4. The molecule has 7 rings (SSSR count). The van der Waals surface area contributed by atoms with E-state index < -0.39 is 16.8 Å². The van der Waals surface area contributed by atoms with E-state index in [-0.39, 0.29) is 29.3 Å². The number of amides is 2. The summed E-state index contributed by atoms with van der Waals surface area (Å²) in [5.74, 6) is -2.02. The van der Waals surface area contributed by atoms with Crippen molar-refractivity contribution in [1.29, 1.82) is 0 Å². The molecule has 3 aliphatic carbocycles. The largest absolute Gasteiger partial charge is 0.272 e. The SMILES string of the molecule is Cc1ccc(/C=N\N2C(=O)[C@H]3C4c5ccccc5C(c5ccccc54)[C@@H]3C2=O)cc1[N+](=O)[O-]. The van der Waals surface area contributed by atoms with Crippen molar-refractivity contribution in [2.45, 2.75) is 18.8 Å². The standard InChI is InChI=1S/C26H19N3O4/c1-14-10-11-15(12-20(14)29(32)33)13-27-28-25(30)23-21-16-6-2-3-7-17(16)22(24(23)26(28)31)19-9-5-4-8-18(19)21/h2-13,21-24H,1H3/b27-13-/t21?,22?,23-,24-/m0/s1. The lowest BCUT2D eigenvalue weighted by Crippen LogP contribution is -2.41. The van der Waals surface area contributed by atoms with Crippen molar-refractivity contribution >= 4 is 23.7 Å². The third-order valence-electron chi connectivity index (χ3n) is 7.18. The van der Waals surface area contributed by atoms with E-state index in [1.54, 1.807) is 19.1 Å². The van der Waals surface area contributed by atoms with Gasteiger partial charge in [-0.2, -0.15) is 10.1 Å². The highest BCUT2D eigenvalue weighted by molar-refractivity contribution is 6.08. The maximum absolute atomic E-state index is 13.5. The van der Waals surface area contributed by atoms with Gasteiger partial charge in [-0.3, -0.25) is 19.7 Å². The van der Waals surface area contributed by atoms with Gasteiger partial charge < -0.3 is 0 Å². The van der Waals surface area contributed by atoms with E-state index in [0.717, 1.165) is 27.3 Å². The number of carbonyl (C=O) groups is 2. The minimum absolute atomic E-state index is 0.0318. The topological polar surface area (TPSA) is 92.9 Å². The van der Waals surface area contributed by atoms with E-state index >= 15 is 0 Å². The monoisotopic (exact) mass is 437 g/mol. The van der Waals surface area contributed by atoms with Crippen LogP contribution in [0.3, 0.4) is 0 Å². The summed E-state index contributed by atoms with van der Waals surface area (Å²) in [7, 11) is 0. The van der Waals surface area contributed by atoms with Gasteiger partial charge in [-0.05, 0) is 29.2 Å². The average Bonchev–Trinajstić information content (AvgIpc) is 3.08. The van der Waals surface area contributed by atoms with Gasteiger partial charge in [0.25, 0.3) is 17.5 Å². The zero-order valence-electron chi connectivity index (χ0n) is 17.7. The highest BCUT2D eigenvalue weighted by atomic mass is 16.6. The van der Waals surface area contributed by atoms with Crippen LogP contribution in [0.2, 0.25) is 0 Å². The number of benzene rings is 3. The highest BCUT2D eigenvalue weighted by Gasteiger charge is 2.61. The van der Waals surface area contributed by atoms with Crippen molar-refractivity contribution in [2.75, 3.05) is 0 Å². The Bertz CT molecular complexity index is 1280. The smallest absolute Gasteiger partial charge is 0.272 e. The van der Waals surface area contributed by atoms with Gasteiger partial charge in [0.1, 0.15) is 0 Å². The fraction of sp³-hybridized carbons (Fsp3) is 0.192. The molecule has 1 fully saturated rings. The number of hydrogen-bond donors (Lipinski definition) is 0. The molecule has 7 nitrogen and oxygen atoms in total. The van der Waals surface area contributed by atoms with Crippen LogP contribution in [0.1, 0.15) is 45.2 Å². The zero-order valence-corrected chi connectivity index (χ0v) is 17.7. The molecule has 0 spiro atoms. The summed E-state index contributed by atoms with van der Waals surface area (Å²) < 4.78 is 0. The summed E-state index contributed by atoms with van der Waals surface area (Å²) >= 11 is 0. The van der Waals surface area contributed by atoms with Gasteiger partial charge in [0, 0.05) is 29.0 Å².